The van der Waals surface area contributed by atoms with Gasteiger partial charge in [-0.1, -0.05) is 49.4 Å². The molecule has 1 unspecified atom stereocenters. The Hall–Kier alpha value is -5.86. The highest BCUT2D eigenvalue weighted by molar-refractivity contribution is 6.00. The number of alkyl carbamates (subject to hydrolysis) is 1. The smallest absolute Gasteiger partial charge is 0.490 e. The van der Waals surface area contributed by atoms with Crippen LogP contribution in [-0.2, 0) is 16.1 Å². The lowest BCUT2D eigenvalue weighted by Gasteiger charge is -2.27. The number of amides is 3. The van der Waals surface area contributed by atoms with Crippen LogP contribution in [0.25, 0.3) is 11.3 Å². The van der Waals surface area contributed by atoms with E-state index in [0.29, 0.717) is 35.5 Å². The highest BCUT2D eigenvalue weighted by atomic mass is 19.4. The largest absolute Gasteiger partial charge is 0.496 e. The van der Waals surface area contributed by atoms with E-state index in [2.05, 4.69) is 32.8 Å². The molecule has 55 heavy (non-hydrogen) atoms. The number of oxazole rings is 1. The minimum Gasteiger partial charge on any atom is -0.496 e. The quantitative estimate of drug-likeness (QED) is 0.112. The zero-order valence-electron chi connectivity index (χ0n) is 29.6. The van der Waals surface area contributed by atoms with Crippen molar-refractivity contribution in [3.05, 3.63) is 96.5 Å². The summed E-state index contributed by atoms with van der Waals surface area (Å²) >= 11 is 0. The number of aromatic nitrogens is 1. The van der Waals surface area contributed by atoms with Crippen LogP contribution >= 0.6 is 0 Å². The second-order valence-electron chi connectivity index (χ2n) is 11.2. The number of methoxy groups -OCH3 is 1. The maximum absolute atomic E-state index is 12.9. The number of alkyl halides is 3. The van der Waals surface area contributed by atoms with Crippen molar-refractivity contribution in [2.24, 2.45) is 0 Å². The molecule has 0 bridgehead atoms. The summed E-state index contributed by atoms with van der Waals surface area (Å²) in [5, 5.41) is 15.6. The monoisotopic (exact) mass is 793 g/mol. The van der Waals surface area contributed by atoms with Crippen LogP contribution in [0.3, 0.4) is 0 Å². The number of carboxylic acids is 1. The summed E-state index contributed by atoms with van der Waals surface area (Å²) in [6.45, 7) is 4.06. The molecule has 1 heterocycles. The van der Waals surface area contributed by atoms with Crippen molar-refractivity contribution in [2.45, 2.75) is 51.1 Å². The molecule has 0 spiro atoms. The van der Waals surface area contributed by atoms with Gasteiger partial charge in [-0.15, -0.1) is 0 Å². The van der Waals surface area contributed by atoms with Gasteiger partial charge in [0.05, 0.1) is 18.9 Å². The van der Waals surface area contributed by atoms with Gasteiger partial charge in [0, 0.05) is 36.6 Å². The third-order valence-electron chi connectivity index (χ3n) is 7.42. The number of ether oxygens (including phenoxy) is 2. The van der Waals surface area contributed by atoms with Gasteiger partial charge in [0.1, 0.15) is 11.9 Å². The molecule has 8 N–H and O–H groups in total. The number of aliphatic carboxylic acids is 1. The number of carbonyl (C=O) groups excluding carboxylic acids is 2. The Bertz CT molecular complexity index is 1720. The van der Waals surface area contributed by atoms with E-state index in [9.17, 15) is 22.8 Å². The maximum atomic E-state index is 12.9. The summed E-state index contributed by atoms with van der Waals surface area (Å²) in [7, 11) is 1.55. The first-order valence-corrected chi connectivity index (χ1v) is 15.7. The summed E-state index contributed by atoms with van der Waals surface area (Å²) in [4.78, 5) is 40.9. The Balaban J connectivity index is 0. The number of nitrogens with zero attached hydrogens (tertiary/aromatic N) is 2. The molecule has 1 aliphatic rings. The maximum Gasteiger partial charge on any atom is 0.490 e. The van der Waals surface area contributed by atoms with Crippen LogP contribution in [0.4, 0.5) is 48.2 Å². The van der Waals surface area contributed by atoms with E-state index in [-0.39, 0.29) is 37.7 Å². The van der Waals surface area contributed by atoms with E-state index in [4.69, 9.17) is 23.8 Å². The molecule has 3 amide bonds. The number of carboxylic acid groups (broad SMARTS) is 1. The highest BCUT2D eigenvalue weighted by Crippen LogP contribution is 2.33. The fourth-order valence-electron chi connectivity index (χ4n) is 4.96. The lowest BCUT2D eigenvalue weighted by molar-refractivity contribution is -0.192. The number of nitrogens with one attached hydrogen (secondary N) is 3. The molecule has 5 rings (SSSR count). The summed E-state index contributed by atoms with van der Waals surface area (Å²) in [6.07, 6.45) is 0.446. The van der Waals surface area contributed by atoms with Crippen LogP contribution in [0.1, 0.15) is 43.4 Å². The molecule has 20 heteroatoms. The third kappa shape index (κ3) is 16.4. The Morgan fingerprint density at radius 3 is 2.15 bits per heavy atom. The van der Waals surface area contributed by atoms with Crippen molar-refractivity contribution >= 4 is 29.5 Å². The van der Waals surface area contributed by atoms with E-state index >= 15 is 0 Å². The summed E-state index contributed by atoms with van der Waals surface area (Å²) in [6, 6.07) is 22.6. The van der Waals surface area contributed by atoms with Gasteiger partial charge in [-0.05, 0) is 61.2 Å². The van der Waals surface area contributed by atoms with Crippen LogP contribution in [0.15, 0.2) is 89.8 Å². The minimum atomic E-state index is -5.08. The van der Waals surface area contributed by atoms with Gasteiger partial charge in [0.25, 0.3) is 0 Å². The molecule has 0 aliphatic heterocycles. The summed E-state index contributed by atoms with van der Waals surface area (Å²) < 4.78 is 48.5. The van der Waals surface area contributed by atoms with Crippen molar-refractivity contribution in [2.75, 3.05) is 30.8 Å². The number of halogens is 6. The topological polar surface area (TPSA) is 218 Å². The first-order chi connectivity index (χ1) is 24.0. The standard InChI is InChI=1S/C33H37N5O5.C2HF3O2.3FH.2H2O/c1-3-16-38(27-13-14-27)21-31(24-9-5-4-6-10-24)43-33(40)35-19-23-8-7-11-25(17-23)36-32(39)37-26-12-15-28(29(18-26)41-2)30-20-34-22-42-30;3-2(4,5)1(6)7;;;;;/h4-12,15,17-18,20,22,27,31H,3,13-14,16,19,21H2,1-2H3,(H,35,40)(H2,36,37,39);(H,6,7);3*1H;2*1H2. The van der Waals surface area contributed by atoms with Crippen LogP contribution in [0.5, 0.6) is 5.75 Å². The van der Waals surface area contributed by atoms with Crippen LogP contribution in [0, 0.1) is 0 Å². The molecule has 14 nitrogen and oxygen atoms in total. The van der Waals surface area contributed by atoms with Crippen molar-refractivity contribution in [3.8, 4) is 17.1 Å². The fourth-order valence-corrected chi connectivity index (χ4v) is 4.96. The fraction of sp³-hybridized carbons (Fsp3) is 0.314. The average Bonchev–Trinajstić information content (AvgIpc) is 3.80. The predicted molar refractivity (Wildman–Crippen MR) is 193 cm³/mol. The van der Waals surface area contributed by atoms with Gasteiger partial charge in [-0.25, -0.2) is 19.4 Å². The lowest BCUT2D eigenvalue weighted by Crippen LogP contribution is -2.35. The lowest BCUT2D eigenvalue weighted by atomic mass is 10.1. The predicted octanol–water partition coefficient (Wildman–Crippen LogP) is 6.28. The van der Waals surface area contributed by atoms with Gasteiger partial charge in [-0.3, -0.25) is 19.0 Å². The van der Waals surface area contributed by atoms with E-state index in [1.165, 1.54) is 19.2 Å². The highest BCUT2D eigenvalue weighted by Gasteiger charge is 2.38. The summed E-state index contributed by atoms with van der Waals surface area (Å²) in [5.74, 6) is -1.66. The molecule has 1 aliphatic carbocycles. The molecule has 1 aromatic heterocycles. The normalized spacial score (nSPS) is 11.8. The van der Waals surface area contributed by atoms with Crippen molar-refractivity contribution in [1.82, 2.24) is 15.2 Å². The number of benzene rings is 3. The number of hydrogen-bond acceptors (Lipinski definition) is 8. The van der Waals surface area contributed by atoms with E-state index in [1.54, 1.807) is 43.6 Å². The van der Waals surface area contributed by atoms with Crippen LogP contribution in [-0.4, -0.2) is 76.5 Å². The van der Waals surface area contributed by atoms with Gasteiger partial charge >= 0.3 is 24.3 Å². The van der Waals surface area contributed by atoms with Gasteiger partial charge in [0.2, 0.25) is 0 Å². The number of carbonyl (C=O) groups is 3. The van der Waals surface area contributed by atoms with Crippen molar-refractivity contribution < 1.29 is 71.6 Å². The third-order valence-corrected chi connectivity index (χ3v) is 7.42. The number of rotatable bonds is 13. The second-order valence-corrected chi connectivity index (χ2v) is 11.2. The zero-order chi connectivity index (χ0) is 36.1. The molecule has 1 atom stereocenters. The molecule has 4 aromatic rings. The van der Waals surface area contributed by atoms with Gasteiger partial charge in [-0.2, -0.15) is 13.2 Å². The summed E-state index contributed by atoms with van der Waals surface area (Å²) in [5.41, 5.74) is 3.64. The Morgan fingerprint density at radius 2 is 1.60 bits per heavy atom. The molecular formula is C35H45F6N5O9. The number of anilines is 2. The van der Waals surface area contributed by atoms with E-state index in [0.717, 1.165) is 29.7 Å². The molecule has 0 radical (unpaired) electrons. The van der Waals surface area contributed by atoms with Crippen molar-refractivity contribution in [3.63, 3.8) is 0 Å². The molecule has 3 aromatic carbocycles. The Morgan fingerprint density at radius 1 is 0.964 bits per heavy atom. The van der Waals surface area contributed by atoms with Crippen LogP contribution < -0.4 is 20.7 Å². The first kappa shape index (κ1) is 51.2. The second kappa shape index (κ2) is 24.5. The van der Waals surface area contributed by atoms with Gasteiger partial charge < -0.3 is 45.9 Å². The average molecular weight is 794 g/mol. The molecule has 306 valence electrons. The zero-order valence-corrected chi connectivity index (χ0v) is 29.6. The molecule has 1 fully saturated rings. The number of urea groups is 1. The minimum absolute atomic E-state index is 0. The molecule has 1 saturated carbocycles. The van der Waals surface area contributed by atoms with E-state index in [1.807, 2.05) is 42.5 Å². The first-order valence-electron chi connectivity index (χ1n) is 15.7. The molecule has 0 saturated heterocycles. The van der Waals surface area contributed by atoms with Gasteiger partial charge in [0.15, 0.2) is 12.2 Å². The van der Waals surface area contributed by atoms with E-state index < -0.39 is 24.3 Å². The Labute approximate surface area is 311 Å². The SMILES string of the molecule is CCCN(CC(OC(=O)NCc1cccc(NC(=O)Nc2ccc(-c3cnco3)c(OC)c2)c1)c1ccccc1)C1CC1.F.F.F.O.O.O=C(O)C(F)(F)F. The Kier molecular flexibility index (Phi) is 22.8. The van der Waals surface area contributed by atoms with Crippen molar-refractivity contribution in [1.29, 1.82) is 0 Å². The number of hydrogen-bond donors (Lipinski definition) is 4. The molecular weight excluding hydrogens is 748 g/mol. The van der Waals surface area contributed by atoms with Crippen LogP contribution in [0.2, 0.25) is 0 Å².